The molecule has 0 saturated heterocycles. The van der Waals surface area contributed by atoms with Gasteiger partial charge in [-0.3, -0.25) is 0 Å². The standard InChI is InChI=1S/C12H13ClO4/c1-17-12(16)11(15)8-5-6-3-2-4-7(6)9(13)10(8)14/h5,11,14-15H,2-4H2,1H3. The first-order valence-corrected chi connectivity index (χ1v) is 5.73. The number of aliphatic hydroxyl groups excluding tert-OH is 1. The summed E-state index contributed by atoms with van der Waals surface area (Å²) in [6, 6.07) is 1.63. The molecule has 1 atom stereocenters. The Labute approximate surface area is 104 Å². The van der Waals surface area contributed by atoms with Crippen LogP contribution in [0.3, 0.4) is 0 Å². The van der Waals surface area contributed by atoms with Crippen molar-refractivity contribution in [1.29, 1.82) is 0 Å². The third-order valence-electron chi connectivity index (χ3n) is 3.06. The van der Waals surface area contributed by atoms with E-state index in [2.05, 4.69) is 4.74 Å². The minimum Gasteiger partial charge on any atom is -0.506 e. The zero-order valence-electron chi connectivity index (χ0n) is 9.36. The number of phenols is 1. The topological polar surface area (TPSA) is 66.8 Å². The van der Waals surface area contributed by atoms with Crippen molar-refractivity contribution in [2.75, 3.05) is 7.11 Å². The molecule has 0 aromatic heterocycles. The number of carbonyl (C=O) groups is 1. The van der Waals surface area contributed by atoms with Gasteiger partial charge in [-0.05, 0) is 36.5 Å². The zero-order chi connectivity index (χ0) is 12.6. The van der Waals surface area contributed by atoms with Gasteiger partial charge in [-0.2, -0.15) is 0 Å². The average molecular weight is 257 g/mol. The minimum atomic E-state index is -1.50. The number of benzene rings is 1. The number of esters is 1. The molecule has 0 radical (unpaired) electrons. The molecule has 1 aliphatic carbocycles. The van der Waals surface area contributed by atoms with Crippen molar-refractivity contribution in [1.82, 2.24) is 0 Å². The molecule has 5 heteroatoms. The van der Waals surface area contributed by atoms with Crippen molar-refractivity contribution in [2.45, 2.75) is 25.4 Å². The second kappa shape index (κ2) is 4.55. The van der Waals surface area contributed by atoms with E-state index in [-0.39, 0.29) is 16.3 Å². The third-order valence-corrected chi connectivity index (χ3v) is 3.46. The highest BCUT2D eigenvalue weighted by Gasteiger charge is 2.27. The number of phenolic OH excluding ortho intramolecular Hbond substituents is 1. The molecule has 1 aliphatic rings. The van der Waals surface area contributed by atoms with Crippen molar-refractivity contribution in [2.24, 2.45) is 0 Å². The highest BCUT2D eigenvalue weighted by atomic mass is 35.5. The third kappa shape index (κ3) is 1.98. The predicted octanol–water partition coefficient (Wildman–Crippen LogP) is 1.74. The summed E-state index contributed by atoms with van der Waals surface area (Å²) < 4.78 is 4.44. The summed E-state index contributed by atoms with van der Waals surface area (Å²) in [5, 5.41) is 19.8. The lowest BCUT2D eigenvalue weighted by molar-refractivity contribution is -0.150. The van der Waals surface area contributed by atoms with Crippen LogP contribution in [0.15, 0.2) is 6.07 Å². The van der Waals surface area contributed by atoms with E-state index in [0.717, 1.165) is 30.4 Å². The number of aryl methyl sites for hydroxylation is 1. The Hall–Kier alpha value is -1.26. The molecule has 0 spiro atoms. The lowest BCUT2D eigenvalue weighted by Crippen LogP contribution is -2.14. The number of rotatable bonds is 2. The molecule has 0 amide bonds. The SMILES string of the molecule is COC(=O)C(O)c1cc2c(c(Cl)c1O)CCC2. The summed E-state index contributed by atoms with van der Waals surface area (Å²) in [7, 11) is 1.18. The number of carbonyl (C=O) groups excluding carboxylic acids is 1. The van der Waals surface area contributed by atoms with Gasteiger partial charge < -0.3 is 14.9 Å². The highest BCUT2D eigenvalue weighted by Crippen LogP contribution is 2.40. The molecule has 2 rings (SSSR count). The molecule has 1 aromatic rings. The van der Waals surface area contributed by atoms with Crippen molar-refractivity contribution < 1.29 is 19.7 Å². The normalized spacial score (nSPS) is 15.5. The second-order valence-electron chi connectivity index (χ2n) is 4.05. The van der Waals surface area contributed by atoms with Crippen molar-refractivity contribution in [3.05, 3.63) is 27.8 Å². The highest BCUT2D eigenvalue weighted by molar-refractivity contribution is 6.33. The largest absolute Gasteiger partial charge is 0.506 e. The van der Waals surface area contributed by atoms with Gasteiger partial charge in [0.25, 0.3) is 0 Å². The van der Waals surface area contributed by atoms with Gasteiger partial charge in [0.2, 0.25) is 0 Å². The monoisotopic (exact) mass is 256 g/mol. The maximum Gasteiger partial charge on any atom is 0.339 e. The average Bonchev–Trinajstić information content (AvgIpc) is 2.80. The van der Waals surface area contributed by atoms with Gasteiger partial charge >= 0.3 is 5.97 Å². The first kappa shape index (κ1) is 12.2. The fourth-order valence-corrected chi connectivity index (χ4v) is 2.47. The van der Waals surface area contributed by atoms with Crippen LogP contribution in [0.5, 0.6) is 5.75 Å². The van der Waals surface area contributed by atoms with Gasteiger partial charge in [-0.25, -0.2) is 4.79 Å². The quantitative estimate of drug-likeness (QED) is 0.791. The fourth-order valence-electron chi connectivity index (χ4n) is 2.15. The lowest BCUT2D eigenvalue weighted by atomic mass is 10.0. The van der Waals surface area contributed by atoms with Crippen LogP contribution >= 0.6 is 11.6 Å². The molecule has 1 unspecified atom stereocenters. The number of fused-ring (bicyclic) bond motifs is 1. The molecular weight excluding hydrogens is 244 g/mol. The number of ether oxygens (including phenoxy) is 1. The molecule has 0 bridgehead atoms. The van der Waals surface area contributed by atoms with Crippen LogP contribution in [0.25, 0.3) is 0 Å². The number of methoxy groups -OCH3 is 1. The second-order valence-corrected chi connectivity index (χ2v) is 4.42. The maximum absolute atomic E-state index is 11.2. The Morgan fingerprint density at radius 3 is 2.88 bits per heavy atom. The molecule has 17 heavy (non-hydrogen) atoms. The van der Waals surface area contributed by atoms with E-state index in [1.54, 1.807) is 6.07 Å². The molecule has 92 valence electrons. The van der Waals surface area contributed by atoms with Gasteiger partial charge in [-0.1, -0.05) is 11.6 Å². The Kier molecular flexibility index (Phi) is 3.26. The van der Waals surface area contributed by atoms with E-state index in [0.29, 0.717) is 0 Å². The van der Waals surface area contributed by atoms with Crippen LogP contribution in [-0.4, -0.2) is 23.3 Å². The Bertz CT molecular complexity index is 470. The van der Waals surface area contributed by atoms with E-state index < -0.39 is 12.1 Å². The lowest BCUT2D eigenvalue weighted by Gasteiger charge is -2.14. The van der Waals surface area contributed by atoms with Crippen LogP contribution in [-0.2, 0) is 22.4 Å². The van der Waals surface area contributed by atoms with E-state index >= 15 is 0 Å². The van der Waals surface area contributed by atoms with Crippen LogP contribution in [0.2, 0.25) is 5.02 Å². The minimum absolute atomic E-state index is 0.113. The summed E-state index contributed by atoms with van der Waals surface area (Å²) in [5.74, 6) is -1.04. The maximum atomic E-state index is 11.2. The Morgan fingerprint density at radius 1 is 1.53 bits per heavy atom. The van der Waals surface area contributed by atoms with Crippen molar-refractivity contribution >= 4 is 17.6 Å². The van der Waals surface area contributed by atoms with Crippen molar-refractivity contribution in [3.63, 3.8) is 0 Å². The molecule has 0 aliphatic heterocycles. The number of halogens is 1. The zero-order valence-corrected chi connectivity index (χ0v) is 10.1. The predicted molar refractivity (Wildman–Crippen MR) is 62.1 cm³/mol. The van der Waals surface area contributed by atoms with E-state index in [1.165, 1.54) is 7.11 Å². The smallest absolute Gasteiger partial charge is 0.339 e. The molecule has 0 heterocycles. The Balaban J connectivity index is 2.49. The molecule has 0 saturated carbocycles. The van der Waals surface area contributed by atoms with Gasteiger partial charge in [0.05, 0.1) is 12.1 Å². The fraction of sp³-hybridized carbons (Fsp3) is 0.417. The van der Waals surface area contributed by atoms with E-state index in [9.17, 15) is 15.0 Å². The number of hydrogen-bond acceptors (Lipinski definition) is 4. The number of aliphatic hydroxyl groups is 1. The summed E-state index contributed by atoms with van der Waals surface area (Å²) >= 11 is 6.02. The van der Waals surface area contributed by atoms with Gasteiger partial charge in [0, 0.05) is 5.56 Å². The molecular formula is C12H13ClO4. The first-order chi connectivity index (χ1) is 8.06. The van der Waals surface area contributed by atoms with E-state index in [1.807, 2.05) is 0 Å². The van der Waals surface area contributed by atoms with Gasteiger partial charge in [0.1, 0.15) is 5.75 Å². The van der Waals surface area contributed by atoms with E-state index in [4.69, 9.17) is 11.6 Å². The van der Waals surface area contributed by atoms with Crippen LogP contribution in [0, 0.1) is 0 Å². The molecule has 2 N–H and O–H groups in total. The van der Waals surface area contributed by atoms with Crippen LogP contribution in [0.4, 0.5) is 0 Å². The number of aromatic hydroxyl groups is 1. The summed E-state index contributed by atoms with van der Waals surface area (Å²) in [4.78, 5) is 11.2. The molecule has 0 fully saturated rings. The van der Waals surface area contributed by atoms with Crippen LogP contribution < -0.4 is 0 Å². The van der Waals surface area contributed by atoms with Crippen LogP contribution in [0.1, 0.15) is 29.2 Å². The van der Waals surface area contributed by atoms with Gasteiger partial charge in [-0.15, -0.1) is 0 Å². The van der Waals surface area contributed by atoms with Crippen molar-refractivity contribution in [3.8, 4) is 5.75 Å². The summed E-state index contributed by atoms with van der Waals surface area (Å²) in [5.41, 5.74) is 2.00. The Morgan fingerprint density at radius 2 is 2.24 bits per heavy atom. The van der Waals surface area contributed by atoms with Gasteiger partial charge in [0.15, 0.2) is 6.10 Å². The first-order valence-electron chi connectivity index (χ1n) is 5.35. The molecule has 4 nitrogen and oxygen atoms in total. The molecule has 1 aromatic carbocycles. The summed E-state index contributed by atoms with van der Waals surface area (Å²) in [6.45, 7) is 0. The number of hydrogen-bond donors (Lipinski definition) is 2. The summed E-state index contributed by atoms with van der Waals surface area (Å²) in [6.07, 6.45) is 1.13.